The van der Waals surface area contributed by atoms with Crippen molar-refractivity contribution < 1.29 is 18.0 Å². The van der Waals surface area contributed by atoms with Crippen molar-refractivity contribution in [2.75, 3.05) is 24.5 Å². The van der Waals surface area contributed by atoms with E-state index in [1.165, 1.54) is 0 Å². The second-order valence-corrected chi connectivity index (χ2v) is 11.5. The smallest absolute Gasteiger partial charge is 0.240 e. The van der Waals surface area contributed by atoms with Gasteiger partial charge in [0.1, 0.15) is 0 Å². The fourth-order valence-corrected chi connectivity index (χ4v) is 6.12. The van der Waals surface area contributed by atoms with Gasteiger partial charge in [-0.05, 0) is 68.2 Å². The first-order valence-corrected chi connectivity index (χ1v) is 12.9. The topological polar surface area (TPSA) is 86.8 Å². The lowest BCUT2D eigenvalue weighted by Gasteiger charge is -2.35. The zero-order chi connectivity index (χ0) is 22.3. The molecule has 3 atom stereocenters. The van der Waals surface area contributed by atoms with Crippen LogP contribution in [0.25, 0.3) is 0 Å². The Kier molecular flexibility index (Phi) is 6.14. The van der Waals surface area contributed by atoms with Crippen molar-refractivity contribution >= 4 is 27.5 Å². The third kappa shape index (κ3) is 4.80. The minimum atomic E-state index is -3.71. The summed E-state index contributed by atoms with van der Waals surface area (Å²) < 4.78 is 28.2. The number of hydrogen-bond donors (Lipinski definition) is 1. The second-order valence-electron chi connectivity index (χ2n) is 9.72. The predicted octanol–water partition coefficient (Wildman–Crippen LogP) is 2.55. The standard InChI is InChI=1S/C23H33N3O4S/c1-15-10-16(2)14-25(13-15)22(27)8-9-24-31(29,30)20-6-7-21-19(12-20)11-17(3)26(21)23(28)18-4-5-18/h6-7,12,15-18,24H,4-5,8-11,13-14H2,1-3H3/t15-,16+,17-/m1/s1. The van der Waals surface area contributed by atoms with E-state index in [1.807, 2.05) is 16.7 Å². The highest BCUT2D eigenvalue weighted by Gasteiger charge is 2.39. The molecule has 0 spiro atoms. The summed E-state index contributed by atoms with van der Waals surface area (Å²) in [6.45, 7) is 7.87. The van der Waals surface area contributed by atoms with Gasteiger partial charge >= 0.3 is 0 Å². The maximum atomic E-state index is 12.8. The molecule has 31 heavy (non-hydrogen) atoms. The summed E-state index contributed by atoms with van der Waals surface area (Å²) in [4.78, 5) is 29.0. The Bertz CT molecular complexity index is 963. The molecule has 1 aromatic rings. The van der Waals surface area contributed by atoms with Crippen LogP contribution >= 0.6 is 0 Å². The van der Waals surface area contributed by atoms with Gasteiger partial charge in [0.25, 0.3) is 0 Å². The molecule has 2 aliphatic heterocycles. The zero-order valence-corrected chi connectivity index (χ0v) is 19.5. The van der Waals surface area contributed by atoms with Gasteiger partial charge in [0.15, 0.2) is 0 Å². The lowest BCUT2D eigenvalue weighted by Crippen LogP contribution is -2.43. The van der Waals surface area contributed by atoms with Gasteiger partial charge in [0.05, 0.1) is 4.90 Å². The first kappa shape index (κ1) is 22.3. The first-order valence-electron chi connectivity index (χ1n) is 11.4. The Morgan fingerprint density at radius 3 is 2.42 bits per heavy atom. The van der Waals surface area contributed by atoms with Crippen LogP contribution in [0.3, 0.4) is 0 Å². The summed E-state index contributed by atoms with van der Waals surface area (Å²) in [6, 6.07) is 5.02. The molecule has 1 saturated carbocycles. The van der Waals surface area contributed by atoms with E-state index in [9.17, 15) is 18.0 Å². The molecule has 170 valence electrons. The maximum absolute atomic E-state index is 12.8. The van der Waals surface area contributed by atoms with Crippen LogP contribution in [0, 0.1) is 17.8 Å². The molecule has 1 aliphatic carbocycles. The Morgan fingerprint density at radius 1 is 1.10 bits per heavy atom. The summed E-state index contributed by atoms with van der Waals surface area (Å²) in [6.07, 6.45) is 3.83. The van der Waals surface area contributed by atoms with E-state index in [2.05, 4.69) is 18.6 Å². The molecule has 0 unspecified atom stereocenters. The normalized spacial score (nSPS) is 26.1. The SMILES string of the molecule is C[C@@H]1C[C@H](C)CN(C(=O)CCNS(=O)(=O)c2ccc3c(c2)C[C@@H](C)N3C(=O)C2CC2)C1. The lowest BCUT2D eigenvalue weighted by atomic mass is 9.92. The van der Waals surface area contributed by atoms with E-state index >= 15 is 0 Å². The molecule has 1 aromatic carbocycles. The van der Waals surface area contributed by atoms with E-state index in [0.29, 0.717) is 18.3 Å². The molecule has 4 rings (SSSR count). The summed E-state index contributed by atoms with van der Waals surface area (Å²) in [5.74, 6) is 1.23. The number of nitrogens with one attached hydrogen (secondary N) is 1. The number of benzene rings is 1. The average molecular weight is 448 g/mol. The summed E-state index contributed by atoms with van der Waals surface area (Å²) in [7, 11) is -3.71. The first-order chi connectivity index (χ1) is 14.7. The molecular weight excluding hydrogens is 414 g/mol. The third-order valence-electron chi connectivity index (χ3n) is 6.59. The Morgan fingerprint density at radius 2 is 1.77 bits per heavy atom. The Hall–Kier alpha value is -1.93. The van der Waals surface area contributed by atoms with Crippen molar-refractivity contribution in [3.63, 3.8) is 0 Å². The molecule has 2 fully saturated rings. The van der Waals surface area contributed by atoms with Crippen molar-refractivity contribution in [2.24, 2.45) is 17.8 Å². The predicted molar refractivity (Wildman–Crippen MR) is 119 cm³/mol. The maximum Gasteiger partial charge on any atom is 0.240 e. The van der Waals surface area contributed by atoms with Gasteiger partial charge in [-0.2, -0.15) is 0 Å². The van der Waals surface area contributed by atoms with Crippen molar-refractivity contribution in [2.45, 2.75) is 63.8 Å². The monoisotopic (exact) mass is 447 g/mol. The van der Waals surface area contributed by atoms with Gasteiger partial charge in [0.2, 0.25) is 21.8 Å². The van der Waals surface area contributed by atoms with Gasteiger partial charge in [-0.1, -0.05) is 13.8 Å². The van der Waals surface area contributed by atoms with Gasteiger partial charge in [-0.25, -0.2) is 13.1 Å². The molecule has 7 nitrogen and oxygen atoms in total. The van der Waals surface area contributed by atoms with Crippen LogP contribution in [0.2, 0.25) is 0 Å². The lowest BCUT2D eigenvalue weighted by molar-refractivity contribution is -0.133. The summed E-state index contributed by atoms with van der Waals surface area (Å²) in [5, 5.41) is 0. The number of carbonyl (C=O) groups excluding carboxylic acids is 2. The second kappa shape index (κ2) is 8.54. The number of carbonyl (C=O) groups is 2. The number of rotatable bonds is 6. The number of amides is 2. The van der Waals surface area contributed by atoms with Crippen molar-refractivity contribution in [3.8, 4) is 0 Å². The summed E-state index contributed by atoms with van der Waals surface area (Å²) >= 11 is 0. The van der Waals surface area contributed by atoms with Crippen LogP contribution in [0.5, 0.6) is 0 Å². The molecule has 0 bridgehead atoms. The highest BCUT2D eigenvalue weighted by molar-refractivity contribution is 7.89. The van der Waals surface area contributed by atoms with Crippen molar-refractivity contribution in [3.05, 3.63) is 23.8 Å². The van der Waals surface area contributed by atoms with Gasteiger partial charge in [0, 0.05) is 43.7 Å². The molecular formula is C23H33N3O4S. The number of likely N-dealkylation sites (tertiary alicyclic amines) is 1. The van der Waals surface area contributed by atoms with E-state index in [4.69, 9.17) is 0 Å². The van der Waals surface area contributed by atoms with Crippen LogP contribution in [-0.4, -0.2) is 50.8 Å². The Labute approximate surface area is 185 Å². The van der Waals surface area contributed by atoms with Crippen LogP contribution in [0.4, 0.5) is 5.69 Å². The largest absolute Gasteiger partial charge is 0.342 e. The molecule has 8 heteroatoms. The Balaban J connectivity index is 1.38. The molecule has 0 radical (unpaired) electrons. The number of hydrogen-bond acceptors (Lipinski definition) is 4. The van der Waals surface area contributed by atoms with E-state index in [1.54, 1.807) is 18.2 Å². The molecule has 0 aromatic heterocycles. The number of nitrogens with zero attached hydrogens (tertiary/aromatic N) is 2. The van der Waals surface area contributed by atoms with E-state index in [-0.39, 0.29) is 41.6 Å². The number of sulfonamides is 1. The van der Waals surface area contributed by atoms with Gasteiger partial charge < -0.3 is 9.80 Å². The van der Waals surface area contributed by atoms with Gasteiger partial charge in [-0.3, -0.25) is 9.59 Å². The number of fused-ring (bicyclic) bond motifs is 1. The molecule has 2 heterocycles. The molecule has 1 N–H and O–H groups in total. The van der Waals surface area contributed by atoms with Crippen molar-refractivity contribution in [1.29, 1.82) is 0 Å². The van der Waals surface area contributed by atoms with Crippen LogP contribution in [0.15, 0.2) is 23.1 Å². The number of piperidine rings is 1. The quantitative estimate of drug-likeness (QED) is 0.726. The van der Waals surface area contributed by atoms with E-state index < -0.39 is 10.0 Å². The zero-order valence-electron chi connectivity index (χ0n) is 18.6. The highest BCUT2D eigenvalue weighted by Crippen LogP contribution is 2.39. The molecule has 3 aliphatic rings. The number of anilines is 1. The fraction of sp³-hybridized carbons (Fsp3) is 0.652. The van der Waals surface area contributed by atoms with Crippen LogP contribution in [-0.2, 0) is 26.0 Å². The highest BCUT2D eigenvalue weighted by atomic mass is 32.2. The molecule has 1 saturated heterocycles. The van der Waals surface area contributed by atoms with Crippen LogP contribution < -0.4 is 9.62 Å². The summed E-state index contributed by atoms with van der Waals surface area (Å²) in [5.41, 5.74) is 1.71. The van der Waals surface area contributed by atoms with Crippen molar-refractivity contribution in [1.82, 2.24) is 9.62 Å². The van der Waals surface area contributed by atoms with Gasteiger partial charge in [-0.15, -0.1) is 0 Å². The minimum Gasteiger partial charge on any atom is -0.342 e. The molecule has 2 amide bonds. The minimum absolute atomic E-state index is 0.00175. The average Bonchev–Trinajstić information content (AvgIpc) is 3.48. The fourth-order valence-electron chi connectivity index (χ4n) is 5.04. The van der Waals surface area contributed by atoms with Crippen LogP contribution in [0.1, 0.15) is 52.0 Å². The van der Waals surface area contributed by atoms with E-state index in [0.717, 1.165) is 43.6 Å². The third-order valence-corrected chi connectivity index (χ3v) is 8.05.